The standard InChI is InChI=1S/C9H17N4O13P3/c10-5-1-2-13(9(15)12-5)8-7(14)6(11)4(24-8)3-23-28(19,20)26-29(21,22)25-27(16,17)18/h1-2,4,6-8,14H,3,11H2,(H,19,20)(H,21,22)(H2,10,12,15)(H2,16,17,18)/t4-,6-,7-,8-/m1/s1. The van der Waals surface area contributed by atoms with Gasteiger partial charge < -0.3 is 40.9 Å². The molecule has 29 heavy (non-hydrogen) atoms. The summed E-state index contributed by atoms with van der Waals surface area (Å²) in [5.41, 5.74) is 10.2. The van der Waals surface area contributed by atoms with Crippen LogP contribution in [0, 0.1) is 0 Å². The van der Waals surface area contributed by atoms with Crippen molar-refractivity contribution in [3.05, 3.63) is 22.7 Å². The van der Waals surface area contributed by atoms with Gasteiger partial charge in [-0.15, -0.1) is 0 Å². The number of phosphoric ester groups is 1. The van der Waals surface area contributed by atoms with Crippen LogP contribution >= 0.6 is 23.5 Å². The lowest BCUT2D eigenvalue weighted by atomic mass is 10.1. The molecule has 1 aromatic rings. The van der Waals surface area contributed by atoms with Crippen molar-refractivity contribution in [3.8, 4) is 0 Å². The van der Waals surface area contributed by atoms with Crippen LogP contribution in [0.1, 0.15) is 6.23 Å². The highest BCUT2D eigenvalue weighted by molar-refractivity contribution is 7.66. The Labute approximate surface area is 161 Å². The van der Waals surface area contributed by atoms with Crippen LogP contribution in [0.5, 0.6) is 0 Å². The maximum Gasteiger partial charge on any atom is 0.490 e. The highest BCUT2D eigenvalue weighted by Gasteiger charge is 2.46. The van der Waals surface area contributed by atoms with Crippen molar-refractivity contribution in [2.24, 2.45) is 5.73 Å². The SMILES string of the molecule is Nc1ccn([C@@H]2O[C@H](COP(=O)(O)OP(=O)(O)OP(=O)(O)O)[C@@H](N)[C@H]2O)c(=O)n1. The summed E-state index contributed by atoms with van der Waals surface area (Å²) in [7, 11) is -16.6. The Balaban J connectivity index is 2.05. The fraction of sp³-hybridized carbons (Fsp3) is 0.556. The first-order valence-electron chi connectivity index (χ1n) is 7.32. The van der Waals surface area contributed by atoms with E-state index in [4.69, 9.17) is 30.9 Å². The summed E-state index contributed by atoms with van der Waals surface area (Å²) in [6.07, 6.45) is -3.01. The lowest BCUT2D eigenvalue weighted by Gasteiger charge is -2.19. The van der Waals surface area contributed by atoms with Crippen molar-refractivity contribution in [2.75, 3.05) is 12.3 Å². The summed E-state index contributed by atoms with van der Waals surface area (Å²) in [6, 6.07) is -0.0145. The Bertz CT molecular complexity index is 948. The van der Waals surface area contributed by atoms with E-state index in [0.717, 1.165) is 10.8 Å². The monoisotopic (exact) mass is 482 g/mol. The molecule has 1 aliphatic rings. The van der Waals surface area contributed by atoms with E-state index in [1.807, 2.05) is 0 Å². The molecule has 0 bridgehead atoms. The van der Waals surface area contributed by atoms with E-state index in [2.05, 4.69) is 18.1 Å². The van der Waals surface area contributed by atoms with Crippen LogP contribution in [0.2, 0.25) is 0 Å². The van der Waals surface area contributed by atoms with Gasteiger partial charge in [-0.25, -0.2) is 18.5 Å². The van der Waals surface area contributed by atoms with Crippen molar-refractivity contribution >= 4 is 29.3 Å². The lowest BCUT2D eigenvalue weighted by molar-refractivity contribution is -0.0524. The molecular formula is C9H17N4O13P3. The average Bonchev–Trinajstić information content (AvgIpc) is 2.78. The number of nitrogens with zero attached hydrogens (tertiary/aromatic N) is 2. The number of rotatable bonds is 8. The van der Waals surface area contributed by atoms with Gasteiger partial charge in [0.25, 0.3) is 0 Å². The van der Waals surface area contributed by atoms with Crippen LogP contribution in [-0.2, 0) is 31.6 Å². The normalized spacial score (nSPS) is 29.3. The Hall–Kier alpha value is -1.03. The van der Waals surface area contributed by atoms with Crippen LogP contribution in [-0.4, -0.2) is 59.1 Å². The second kappa shape index (κ2) is 8.61. The van der Waals surface area contributed by atoms with Crippen LogP contribution in [0.3, 0.4) is 0 Å². The van der Waals surface area contributed by atoms with Gasteiger partial charge in [0.2, 0.25) is 0 Å². The van der Waals surface area contributed by atoms with Crippen molar-refractivity contribution in [3.63, 3.8) is 0 Å². The molecule has 1 fully saturated rings. The zero-order valence-electron chi connectivity index (χ0n) is 14.1. The lowest BCUT2D eigenvalue weighted by Crippen LogP contribution is -2.42. The molecule has 9 N–H and O–H groups in total. The van der Waals surface area contributed by atoms with E-state index in [9.17, 15) is 28.5 Å². The third kappa shape index (κ3) is 6.73. The quantitative estimate of drug-likeness (QED) is 0.193. The van der Waals surface area contributed by atoms with Gasteiger partial charge in [-0.1, -0.05) is 0 Å². The molecule has 0 spiro atoms. The summed E-state index contributed by atoms with van der Waals surface area (Å²) in [6.45, 7) is -0.893. The topological polar surface area (TPSA) is 276 Å². The molecule has 0 saturated carbocycles. The summed E-state index contributed by atoms with van der Waals surface area (Å²) in [5.74, 6) is -0.0905. The molecule has 1 saturated heterocycles. The second-order valence-electron chi connectivity index (χ2n) is 5.56. The molecular weight excluding hydrogens is 465 g/mol. The van der Waals surface area contributed by atoms with Gasteiger partial charge in [-0.2, -0.15) is 13.6 Å². The fourth-order valence-electron chi connectivity index (χ4n) is 2.23. The van der Waals surface area contributed by atoms with Crippen LogP contribution < -0.4 is 17.2 Å². The first-order chi connectivity index (χ1) is 13.1. The van der Waals surface area contributed by atoms with Crippen molar-refractivity contribution in [1.29, 1.82) is 0 Å². The van der Waals surface area contributed by atoms with E-state index in [1.54, 1.807) is 0 Å². The number of nitrogens with two attached hydrogens (primary N) is 2. The van der Waals surface area contributed by atoms with Crippen molar-refractivity contribution in [2.45, 2.75) is 24.5 Å². The zero-order valence-corrected chi connectivity index (χ0v) is 16.7. The predicted molar refractivity (Wildman–Crippen MR) is 90.6 cm³/mol. The molecule has 166 valence electrons. The van der Waals surface area contributed by atoms with E-state index in [1.165, 1.54) is 6.07 Å². The van der Waals surface area contributed by atoms with Gasteiger partial charge in [0.1, 0.15) is 18.0 Å². The second-order valence-corrected chi connectivity index (χ2v) is 9.98. The number of ether oxygens (including phenoxy) is 1. The number of hydrogen-bond acceptors (Lipinski definition) is 12. The smallest absolute Gasteiger partial charge is 0.387 e. The van der Waals surface area contributed by atoms with E-state index >= 15 is 0 Å². The van der Waals surface area contributed by atoms with Gasteiger partial charge in [0.05, 0.1) is 12.6 Å². The number of aromatic nitrogens is 2. The molecule has 2 rings (SSSR count). The number of nitrogen functional groups attached to an aromatic ring is 1. The van der Waals surface area contributed by atoms with Crippen LogP contribution in [0.4, 0.5) is 5.82 Å². The average molecular weight is 482 g/mol. The molecule has 20 heteroatoms. The van der Waals surface area contributed by atoms with Gasteiger partial charge in [-0.05, 0) is 6.07 Å². The first-order valence-corrected chi connectivity index (χ1v) is 11.8. The molecule has 2 unspecified atom stereocenters. The van der Waals surface area contributed by atoms with Crippen LogP contribution in [0.15, 0.2) is 17.1 Å². The van der Waals surface area contributed by atoms with E-state index in [-0.39, 0.29) is 5.82 Å². The third-order valence-electron chi connectivity index (χ3n) is 3.37. The molecule has 0 radical (unpaired) electrons. The van der Waals surface area contributed by atoms with E-state index < -0.39 is 60.2 Å². The van der Waals surface area contributed by atoms with E-state index in [0.29, 0.717) is 0 Å². The minimum absolute atomic E-state index is 0.0905. The first kappa shape index (κ1) is 24.2. The Morgan fingerprint density at radius 2 is 1.79 bits per heavy atom. The Morgan fingerprint density at radius 3 is 2.34 bits per heavy atom. The highest BCUT2D eigenvalue weighted by atomic mass is 31.3. The summed E-state index contributed by atoms with van der Waals surface area (Å²) < 4.78 is 51.2. The molecule has 0 aliphatic carbocycles. The van der Waals surface area contributed by atoms with Gasteiger partial charge in [-0.3, -0.25) is 9.09 Å². The number of hydrogen-bond donors (Lipinski definition) is 7. The summed E-state index contributed by atoms with van der Waals surface area (Å²) >= 11 is 0. The number of anilines is 1. The maximum absolute atomic E-state index is 11.8. The number of phosphoric acid groups is 3. The maximum atomic E-state index is 11.8. The molecule has 6 atom stereocenters. The predicted octanol–water partition coefficient (Wildman–Crippen LogP) is -2.25. The molecule has 1 aliphatic heterocycles. The van der Waals surface area contributed by atoms with Crippen molar-refractivity contribution < 1.29 is 56.3 Å². The minimum atomic E-state index is -5.68. The largest absolute Gasteiger partial charge is 0.490 e. The summed E-state index contributed by atoms with van der Waals surface area (Å²) in [4.78, 5) is 50.7. The Kier molecular flexibility index (Phi) is 7.20. The Morgan fingerprint density at radius 1 is 1.17 bits per heavy atom. The third-order valence-corrected chi connectivity index (χ3v) is 7.18. The van der Waals surface area contributed by atoms with Crippen molar-refractivity contribution in [1.82, 2.24) is 9.55 Å². The zero-order chi connectivity index (χ0) is 22.2. The molecule has 0 amide bonds. The summed E-state index contributed by atoms with van der Waals surface area (Å²) in [5, 5.41) is 10.1. The number of aliphatic hydroxyl groups excluding tert-OH is 1. The van der Waals surface area contributed by atoms with Gasteiger partial charge in [0, 0.05) is 6.20 Å². The minimum Gasteiger partial charge on any atom is -0.387 e. The highest BCUT2D eigenvalue weighted by Crippen LogP contribution is 2.66. The number of aliphatic hydroxyl groups is 1. The van der Waals surface area contributed by atoms with Gasteiger partial charge >= 0.3 is 29.2 Å². The van der Waals surface area contributed by atoms with Gasteiger partial charge in [0.15, 0.2) is 6.23 Å². The fourth-order valence-corrected chi connectivity index (χ4v) is 5.26. The molecule has 17 nitrogen and oxygen atoms in total. The molecule has 2 heterocycles. The molecule has 1 aromatic heterocycles. The molecule has 0 aromatic carbocycles. The van der Waals surface area contributed by atoms with Crippen LogP contribution in [0.25, 0.3) is 0 Å².